The minimum atomic E-state index is -1.01. The first kappa shape index (κ1) is 14.1. The molecule has 2 aliphatic rings. The zero-order valence-corrected chi connectivity index (χ0v) is 11.4. The van der Waals surface area contributed by atoms with E-state index in [0.717, 1.165) is 17.5 Å². The Morgan fingerprint density at radius 3 is 2.81 bits per heavy atom. The minimum absolute atomic E-state index is 0.0145. The van der Waals surface area contributed by atoms with Crippen LogP contribution in [0.25, 0.3) is 0 Å². The van der Waals surface area contributed by atoms with Crippen LogP contribution < -0.4 is 4.90 Å². The third-order valence-electron chi connectivity index (χ3n) is 3.72. The number of Topliss-reactive ketones (excluding diaryl/α,β-unsaturated/α-hetero) is 1. The van der Waals surface area contributed by atoms with E-state index >= 15 is 0 Å². The van der Waals surface area contributed by atoms with Crippen molar-refractivity contribution in [2.45, 2.75) is 6.10 Å². The normalized spacial score (nSPS) is 22.8. The third-order valence-corrected chi connectivity index (χ3v) is 3.72. The zero-order chi connectivity index (χ0) is 15.1. The van der Waals surface area contributed by atoms with Crippen LogP contribution in [0.5, 0.6) is 0 Å². The van der Waals surface area contributed by atoms with Crippen LogP contribution in [0.1, 0.15) is 10.4 Å². The largest absolute Gasteiger partial charge is 0.374 e. The van der Waals surface area contributed by atoms with E-state index in [4.69, 9.17) is 4.74 Å². The van der Waals surface area contributed by atoms with Crippen LogP contribution in [-0.4, -0.2) is 56.0 Å². The van der Waals surface area contributed by atoms with Gasteiger partial charge in [-0.1, -0.05) is 0 Å². The monoisotopic (exact) mass is 296 g/mol. The Bertz CT molecular complexity index is 620. The van der Waals surface area contributed by atoms with E-state index in [1.165, 1.54) is 0 Å². The fourth-order valence-corrected chi connectivity index (χ4v) is 2.70. The lowest BCUT2D eigenvalue weighted by atomic mass is 10.1. The third kappa shape index (κ3) is 2.43. The summed E-state index contributed by atoms with van der Waals surface area (Å²) in [5.41, 5.74) is -0.370. The summed E-state index contributed by atoms with van der Waals surface area (Å²) in [5, 5.41) is 0. The van der Waals surface area contributed by atoms with Crippen LogP contribution >= 0.6 is 0 Å². The van der Waals surface area contributed by atoms with Gasteiger partial charge in [-0.05, 0) is 13.1 Å². The van der Waals surface area contributed by atoms with Crippen LogP contribution in [0.4, 0.5) is 14.5 Å². The van der Waals surface area contributed by atoms with E-state index in [0.29, 0.717) is 19.2 Å². The number of nitrogens with zero attached hydrogens (tertiary/aromatic N) is 2. The second-order valence-electron chi connectivity index (χ2n) is 5.28. The summed E-state index contributed by atoms with van der Waals surface area (Å²) in [6, 6.07) is 1.62. The molecule has 1 fully saturated rings. The Labute approximate surface area is 120 Å². The lowest BCUT2D eigenvalue weighted by molar-refractivity contribution is -0.115. The van der Waals surface area contributed by atoms with Crippen LogP contribution in [-0.2, 0) is 9.53 Å². The van der Waals surface area contributed by atoms with Crippen LogP contribution in [0, 0.1) is 11.6 Å². The van der Waals surface area contributed by atoms with E-state index in [1.807, 2.05) is 11.9 Å². The number of rotatable bonds is 2. The van der Waals surface area contributed by atoms with E-state index in [1.54, 1.807) is 0 Å². The predicted molar refractivity (Wildman–Crippen MR) is 70.3 cm³/mol. The molecule has 0 bridgehead atoms. The second kappa shape index (κ2) is 5.16. The number of ketones is 1. The van der Waals surface area contributed by atoms with Crippen molar-refractivity contribution >= 4 is 17.4 Å². The molecular weight excluding hydrogens is 282 g/mol. The molecule has 0 spiro atoms. The highest BCUT2D eigenvalue weighted by Gasteiger charge is 2.40. The summed E-state index contributed by atoms with van der Waals surface area (Å²) in [6.45, 7) is 1.99. The molecule has 0 radical (unpaired) electrons. The highest BCUT2D eigenvalue weighted by molar-refractivity contribution is 6.52. The van der Waals surface area contributed by atoms with Crippen molar-refractivity contribution in [2.24, 2.45) is 0 Å². The average molecular weight is 296 g/mol. The van der Waals surface area contributed by atoms with Gasteiger partial charge in [0, 0.05) is 19.2 Å². The molecule has 112 valence electrons. The van der Waals surface area contributed by atoms with Gasteiger partial charge in [-0.3, -0.25) is 9.59 Å². The molecule has 1 aromatic rings. The van der Waals surface area contributed by atoms with Gasteiger partial charge < -0.3 is 14.5 Å². The molecule has 1 aromatic carbocycles. The van der Waals surface area contributed by atoms with Gasteiger partial charge in [0.25, 0.3) is 11.7 Å². The zero-order valence-electron chi connectivity index (χ0n) is 11.4. The van der Waals surface area contributed by atoms with E-state index < -0.39 is 23.3 Å². The predicted octanol–water partition coefficient (Wildman–Crippen LogP) is 0.825. The van der Waals surface area contributed by atoms with Crippen molar-refractivity contribution in [3.8, 4) is 0 Å². The fourth-order valence-electron chi connectivity index (χ4n) is 2.70. The van der Waals surface area contributed by atoms with Gasteiger partial charge in [-0.15, -0.1) is 0 Å². The van der Waals surface area contributed by atoms with Gasteiger partial charge in [0.2, 0.25) is 0 Å². The highest BCUT2D eigenvalue weighted by Crippen LogP contribution is 2.32. The molecule has 5 nitrogen and oxygen atoms in total. The molecule has 2 aliphatic heterocycles. The summed E-state index contributed by atoms with van der Waals surface area (Å²) < 4.78 is 32.6. The first-order chi connectivity index (χ1) is 9.97. The topological polar surface area (TPSA) is 49.9 Å². The number of likely N-dealkylation sites (N-methyl/N-ethyl adjacent to an activating group) is 1. The van der Waals surface area contributed by atoms with Crippen molar-refractivity contribution in [3.63, 3.8) is 0 Å². The average Bonchev–Trinajstić information content (AvgIpc) is 2.64. The van der Waals surface area contributed by atoms with Crippen LogP contribution in [0.15, 0.2) is 12.1 Å². The van der Waals surface area contributed by atoms with Gasteiger partial charge in [0.15, 0.2) is 0 Å². The Balaban J connectivity index is 1.90. The first-order valence-corrected chi connectivity index (χ1v) is 6.62. The molecule has 1 amide bonds. The number of halogens is 2. The molecule has 0 aliphatic carbocycles. The second-order valence-corrected chi connectivity index (χ2v) is 5.28. The van der Waals surface area contributed by atoms with Crippen LogP contribution in [0.2, 0.25) is 0 Å². The van der Waals surface area contributed by atoms with E-state index in [-0.39, 0.29) is 23.9 Å². The molecule has 0 saturated carbocycles. The van der Waals surface area contributed by atoms with E-state index in [2.05, 4.69) is 0 Å². The Morgan fingerprint density at radius 2 is 2.10 bits per heavy atom. The molecule has 2 heterocycles. The molecular formula is C14H14F2N2O3. The van der Waals surface area contributed by atoms with Crippen molar-refractivity contribution in [3.05, 3.63) is 29.3 Å². The Hall–Kier alpha value is -1.86. The number of amides is 1. The number of carbonyl (C=O) groups is 2. The number of fused-ring (bicyclic) bond motifs is 1. The summed E-state index contributed by atoms with van der Waals surface area (Å²) in [7, 11) is 1.92. The van der Waals surface area contributed by atoms with Crippen molar-refractivity contribution in [1.29, 1.82) is 0 Å². The van der Waals surface area contributed by atoms with Gasteiger partial charge >= 0.3 is 0 Å². The molecule has 0 N–H and O–H groups in total. The van der Waals surface area contributed by atoms with Crippen molar-refractivity contribution in [1.82, 2.24) is 4.90 Å². The number of benzene rings is 1. The SMILES string of the molecule is CN1CCOC(CN2C(=O)C(=O)c3c(F)cc(F)cc32)C1. The number of carbonyl (C=O) groups excluding carboxylic acids is 2. The van der Waals surface area contributed by atoms with Crippen molar-refractivity contribution in [2.75, 3.05) is 38.2 Å². The highest BCUT2D eigenvalue weighted by atomic mass is 19.1. The lowest BCUT2D eigenvalue weighted by Crippen LogP contribution is -2.47. The minimum Gasteiger partial charge on any atom is -0.374 e. The lowest BCUT2D eigenvalue weighted by Gasteiger charge is -2.32. The molecule has 1 saturated heterocycles. The Kier molecular flexibility index (Phi) is 3.46. The molecule has 7 heteroatoms. The van der Waals surface area contributed by atoms with Gasteiger partial charge in [0.05, 0.1) is 30.5 Å². The maximum absolute atomic E-state index is 13.7. The summed E-state index contributed by atoms with van der Waals surface area (Å²) in [5.74, 6) is -3.61. The van der Waals surface area contributed by atoms with Crippen LogP contribution in [0.3, 0.4) is 0 Å². The van der Waals surface area contributed by atoms with Gasteiger partial charge in [-0.2, -0.15) is 0 Å². The number of hydrogen-bond donors (Lipinski definition) is 0. The first-order valence-electron chi connectivity index (χ1n) is 6.62. The standard InChI is InChI=1S/C14H14F2N2O3/c1-17-2-3-21-9(6-17)7-18-11-5-8(15)4-10(16)12(11)13(19)14(18)20/h4-5,9H,2-3,6-7H2,1H3. The fraction of sp³-hybridized carbons (Fsp3) is 0.429. The number of morpholine rings is 1. The summed E-state index contributed by atoms with van der Waals surface area (Å²) >= 11 is 0. The maximum atomic E-state index is 13.7. The number of ether oxygens (including phenoxy) is 1. The molecule has 0 aromatic heterocycles. The van der Waals surface area contributed by atoms with E-state index in [9.17, 15) is 18.4 Å². The van der Waals surface area contributed by atoms with Crippen molar-refractivity contribution < 1.29 is 23.1 Å². The Morgan fingerprint density at radius 1 is 1.33 bits per heavy atom. The van der Waals surface area contributed by atoms with Gasteiger partial charge in [-0.25, -0.2) is 8.78 Å². The molecule has 3 rings (SSSR count). The maximum Gasteiger partial charge on any atom is 0.299 e. The molecule has 21 heavy (non-hydrogen) atoms. The summed E-state index contributed by atoms with van der Waals surface area (Å²) in [4.78, 5) is 27.0. The number of anilines is 1. The quantitative estimate of drug-likeness (QED) is 0.758. The molecule has 1 atom stereocenters. The molecule has 1 unspecified atom stereocenters. The number of hydrogen-bond acceptors (Lipinski definition) is 4. The smallest absolute Gasteiger partial charge is 0.299 e. The summed E-state index contributed by atoms with van der Waals surface area (Å²) in [6.07, 6.45) is -0.294. The van der Waals surface area contributed by atoms with Gasteiger partial charge in [0.1, 0.15) is 11.6 Å².